The minimum absolute atomic E-state index is 0.211. The van der Waals surface area contributed by atoms with E-state index in [4.69, 9.17) is 0 Å². The van der Waals surface area contributed by atoms with Gasteiger partial charge in [-0.25, -0.2) is 4.98 Å². The SMILES string of the molecule is O=c1nc2c(ccc3cccc32)c(=O)c1=O. The van der Waals surface area contributed by atoms with Crippen molar-refractivity contribution in [2.24, 2.45) is 0 Å². The van der Waals surface area contributed by atoms with Crippen LogP contribution in [0.4, 0.5) is 0 Å². The number of rotatable bonds is 0. The summed E-state index contributed by atoms with van der Waals surface area (Å²) in [7, 11) is 0. The molecule has 0 bridgehead atoms. The van der Waals surface area contributed by atoms with E-state index < -0.39 is 16.4 Å². The summed E-state index contributed by atoms with van der Waals surface area (Å²) in [5.41, 5.74) is -2.49. The molecule has 4 heteroatoms. The Bertz CT molecular complexity index is 857. The molecule has 0 aliphatic heterocycles. The average Bonchev–Trinajstić information content (AvgIpc) is 2.74. The zero-order chi connectivity index (χ0) is 11.3. The number of hydrogen-bond acceptors (Lipinski definition) is 4. The van der Waals surface area contributed by atoms with Gasteiger partial charge in [0.1, 0.15) is 0 Å². The third kappa shape index (κ3) is 0.982. The summed E-state index contributed by atoms with van der Waals surface area (Å²) < 4.78 is 0. The van der Waals surface area contributed by atoms with Crippen LogP contribution in [0.1, 0.15) is 0 Å². The second kappa shape index (κ2) is 2.82. The quantitative estimate of drug-likeness (QED) is 0.503. The lowest BCUT2D eigenvalue weighted by Crippen LogP contribution is -2.39. The molecule has 1 heterocycles. The molecule has 0 saturated carbocycles. The van der Waals surface area contributed by atoms with E-state index in [1.165, 1.54) is 6.07 Å². The second-order valence-corrected chi connectivity index (χ2v) is 3.57. The Morgan fingerprint density at radius 3 is 2.44 bits per heavy atom. The Labute approximate surface area is 88.5 Å². The Hall–Kier alpha value is -2.36. The number of benzene rings is 1. The maximum Gasteiger partial charge on any atom is 0.322 e. The van der Waals surface area contributed by atoms with E-state index in [2.05, 4.69) is 4.98 Å². The monoisotopic (exact) mass is 211 g/mol. The van der Waals surface area contributed by atoms with Gasteiger partial charge in [0.25, 0.3) is 5.43 Å². The highest BCUT2D eigenvalue weighted by atomic mass is 16.2. The van der Waals surface area contributed by atoms with Crippen LogP contribution in [0.3, 0.4) is 0 Å². The van der Waals surface area contributed by atoms with Crippen molar-refractivity contribution in [2.45, 2.75) is 0 Å². The lowest BCUT2D eigenvalue weighted by molar-refractivity contribution is 1.24. The molecule has 3 rings (SSSR count). The zero-order valence-electron chi connectivity index (χ0n) is 8.06. The molecule has 16 heavy (non-hydrogen) atoms. The summed E-state index contributed by atoms with van der Waals surface area (Å²) >= 11 is 0. The summed E-state index contributed by atoms with van der Waals surface area (Å²) in [5.74, 6) is 0. The maximum atomic E-state index is 11.6. The Morgan fingerprint density at radius 2 is 1.62 bits per heavy atom. The Balaban J connectivity index is 2.78. The summed E-state index contributed by atoms with van der Waals surface area (Å²) in [4.78, 5) is 37.6. The van der Waals surface area contributed by atoms with Gasteiger partial charge in [-0.3, -0.25) is 14.4 Å². The summed E-state index contributed by atoms with van der Waals surface area (Å²) in [5, 5.41) is 1.84. The first kappa shape index (κ1) is 8.91. The van der Waals surface area contributed by atoms with Crippen molar-refractivity contribution in [3.63, 3.8) is 0 Å². The van der Waals surface area contributed by atoms with E-state index in [0.717, 1.165) is 10.8 Å². The van der Waals surface area contributed by atoms with Gasteiger partial charge in [0, 0.05) is 5.39 Å². The van der Waals surface area contributed by atoms with Crippen molar-refractivity contribution in [1.82, 2.24) is 4.98 Å². The van der Waals surface area contributed by atoms with Crippen LogP contribution in [0, 0.1) is 0 Å². The number of nitrogens with zero attached hydrogens (tertiary/aromatic N) is 1. The molecule has 0 aliphatic rings. The van der Waals surface area contributed by atoms with Crippen LogP contribution in [0.15, 0.2) is 44.7 Å². The highest BCUT2D eigenvalue weighted by molar-refractivity contribution is 6.05. The molecule has 2 aromatic carbocycles. The van der Waals surface area contributed by atoms with E-state index in [1.807, 2.05) is 12.1 Å². The molecule has 0 saturated heterocycles. The number of hydrogen-bond donors (Lipinski definition) is 0. The van der Waals surface area contributed by atoms with Crippen molar-refractivity contribution >= 4 is 21.7 Å². The second-order valence-electron chi connectivity index (χ2n) is 3.57. The molecule has 0 N–H and O–H groups in total. The summed E-state index contributed by atoms with van der Waals surface area (Å²) in [6.45, 7) is 0. The molecule has 1 aromatic heterocycles. The fraction of sp³-hybridized carbons (Fsp3) is 0. The summed E-state index contributed by atoms with van der Waals surface area (Å²) in [6, 6.07) is 8.72. The van der Waals surface area contributed by atoms with Crippen LogP contribution < -0.4 is 16.4 Å². The van der Waals surface area contributed by atoms with Crippen molar-refractivity contribution in [2.75, 3.05) is 0 Å². The molecule has 0 atom stereocenters. The van der Waals surface area contributed by atoms with Gasteiger partial charge < -0.3 is 0 Å². The lowest BCUT2D eigenvalue weighted by atomic mass is 10.1. The molecule has 0 fully saturated rings. The van der Waals surface area contributed by atoms with E-state index in [9.17, 15) is 14.4 Å². The van der Waals surface area contributed by atoms with E-state index in [0.29, 0.717) is 5.52 Å². The van der Waals surface area contributed by atoms with Crippen molar-refractivity contribution in [3.05, 3.63) is 61.1 Å². The van der Waals surface area contributed by atoms with Crippen LogP contribution in [-0.2, 0) is 0 Å². The first-order valence-electron chi connectivity index (χ1n) is 4.71. The average molecular weight is 211 g/mol. The van der Waals surface area contributed by atoms with Gasteiger partial charge in [-0.15, -0.1) is 0 Å². The lowest BCUT2D eigenvalue weighted by Gasteiger charge is -1.95. The number of aromatic nitrogens is 1. The zero-order valence-corrected chi connectivity index (χ0v) is 8.06. The minimum atomic E-state index is -1.06. The van der Waals surface area contributed by atoms with Crippen LogP contribution in [0.5, 0.6) is 0 Å². The predicted octanol–water partition coefficient (Wildman–Crippen LogP) is 0.344. The number of fused-ring (bicyclic) bond motifs is 3. The van der Waals surface area contributed by atoms with Crippen molar-refractivity contribution in [3.8, 4) is 0 Å². The minimum Gasteiger partial charge on any atom is -0.285 e. The predicted molar refractivity (Wildman–Crippen MR) is 60.4 cm³/mol. The van der Waals surface area contributed by atoms with Gasteiger partial charge in [-0.1, -0.05) is 24.3 Å². The first-order chi connectivity index (χ1) is 7.68. The first-order valence-corrected chi connectivity index (χ1v) is 4.71. The van der Waals surface area contributed by atoms with E-state index >= 15 is 0 Å². The van der Waals surface area contributed by atoms with Crippen LogP contribution >= 0.6 is 0 Å². The van der Waals surface area contributed by atoms with Crippen LogP contribution in [0.2, 0.25) is 0 Å². The van der Waals surface area contributed by atoms with E-state index in [-0.39, 0.29) is 5.39 Å². The standard InChI is InChI=1S/C12H5NO3/c14-10-8-5-4-6-2-1-3-7(6)9(8)13-12(16)11(10)15/h1-5H. The van der Waals surface area contributed by atoms with Gasteiger partial charge in [-0.05, 0) is 11.5 Å². The van der Waals surface area contributed by atoms with Gasteiger partial charge in [0.2, 0.25) is 5.43 Å². The van der Waals surface area contributed by atoms with Crippen molar-refractivity contribution < 1.29 is 0 Å². The molecule has 3 aromatic rings. The van der Waals surface area contributed by atoms with E-state index in [1.54, 1.807) is 12.1 Å². The molecule has 0 spiro atoms. The van der Waals surface area contributed by atoms with Gasteiger partial charge in [-0.2, -0.15) is 0 Å². The molecule has 4 nitrogen and oxygen atoms in total. The van der Waals surface area contributed by atoms with Crippen molar-refractivity contribution in [1.29, 1.82) is 0 Å². The molecular weight excluding hydrogens is 206 g/mol. The highest BCUT2D eigenvalue weighted by Gasteiger charge is 2.10. The van der Waals surface area contributed by atoms with Gasteiger partial charge in [0.15, 0.2) is 0 Å². The Morgan fingerprint density at radius 1 is 0.812 bits per heavy atom. The third-order valence-corrected chi connectivity index (χ3v) is 2.65. The molecule has 0 unspecified atom stereocenters. The topological polar surface area (TPSA) is 64.1 Å². The van der Waals surface area contributed by atoms with Gasteiger partial charge in [0.05, 0.1) is 10.9 Å². The molecule has 0 radical (unpaired) electrons. The van der Waals surface area contributed by atoms with Gasteiger partial charge >= 0.3 is 5.56 Å². The molecule has 76 valence electrons. The normalized spacial score (nSPS) is 11.2. The maximum absolute atomic E-state index is 11.6. The highest BCUT2D eigenvalue weighted by Crippen LogP contribution is 2.21. The molecule has 0 amide bonds. The summed E-state index contributed by atoms with van der Waals surface area (Å²) in [6.07, 6.45) is 0. The smallest absolute Gasteiger partial charge is 0.285 e. The largest absolute Gasteiger partial charge is 0.322 e. The van der Waals surface area contributed by atoms with Crippen LogP contribution in [-0.4, -0.2) is 4.98 Å². The number of pyridine rings is 1. The molecule has 0 aliphatic carbocycles. The molecular formula is C12H5NO3. The fourth-order valence-corrected chi connectivity index (χ4v) is 1.87. The third-order valence-electron chi connectivity index (χ3n) is 2.65. The van der Waals surface area contributed by atoms with Crippen LogP contribution in [0.25, 0.3) is 21.7 Å². The Kier molecular flexibility index (Phi) is 1.57. The fourth-order valence-electron chi connectivity index (χ4n) is 1.87.